The van der Waals surface area contributed by atoms with Crippen LogP contribution in [-0.2, 0) is 10.0 Å². The monoisotopic (exact) mass is 353 g/mol. The number of benzene rings is 1. The molecule has 3 rings (SSSR count). The molecule has 1 saturated heterocycles. The van der Waals surface area contributed by atoms with Gasteiger partial charge in [0.2, 0.25) is 10.0 Å². The Hall–Kier alpha value is -1.64. The van der Waals surface area contributed by atoms with Crippen LogP contribution in [-0.4, -0.2) is 39.6 Å². The highest BCUT2D eigenvalue weighted by atomic mass is 32.2. The van der Waals surface area contributed by atoms with Gasteiger partial charge in [0, 0.05) is 30.7 Å². The molecule has 0 bridgehead atoms. The number of para-hydroxylation sites is 1. The van der Waals surface area contributed by atoms with E-state index in [0.717, 1.165) is 31.1 Å². The summed E-state index contributed by atoms with van der Waals surface area (Å²) in [6.45, 7) is 1.60. The van der Waals surface area contributed by atoms with Gasteiger partial charge in [-0.3, -0.25) is 0 Å². The standard InChI is InChI=1S/C15H19N3O3S2/c1-21-13-4-2-3-5-14(13)23(19,20)17-12-6-9-18(10-7-12)15-16-8-11-22-15/h2-5,8,11-12,17H,6-7,9-10H2,1H3. The van der Waals surface area contributed by atoms with Crippen LogP contribution < -0.4 is 14.4 Å². The zero-order chi connectivity index (χ0) is 16.3. The van der Waals surface area contributed by atoms with E-state index in [2.05, 4.69) is 14.6 Å². The van der Waals surface area contributed by atoms with Crippen molar-refractivity contribution in [2.75, 3.05) is 25.1 Å². The van der Waals surface area contributed by atoms with Crippen LogP contribution in [0.2, 0.25) is 0 Å². The van der Waals surface area contributed by atoms with Crippen LogP contribution in [0.5, 0.6) is 5.75 Å². The fourth-order valence-electron chi connectivity index (χ4n) is 2.68. The first-order chi connectivity index (χ1) is 11.1. The van der Waals surface area contributed by atoms with E-state index < -0.39 is 10.0 Å². The number of ether oxygens (including phenoxy) is 1. The van der Waals surface area contributed by atoms with Gasteiger partial charge in [0.1, 0.15) is 10.6 Å². The lowest BCUT2D eigenvalue weighted by molar-refractivity contribution is 0.401. The number of thiazole rings is 1. The maximum Gasteiger partial charge on any atom is 0.244 e. The Morgan fingerprint density at radius 1 is 1.30 bits per heavy atom. The number of nitrogens with zero attached hydrogens (tertiary/aromatic N) is 2. The fourth-order valence-corrected chi connectivity index (χ4v) is 4.86. The maximum absolute atomic E-state index is 12.6. The fraction of sp³-hybridized carbons (Fsp3) is 0.400. The first-order valence-corrected chi connectivity index (χ1v) is 9.76. The summed E-state index contributed by atoms with van der Waals surface area (Å²) in [5.41, 5.74) is 0. The third kappa shape index (κ3) is 3.65. The highest BCUT2D eigenvalue weighted by Gasteiger charge is 2.27. The van der Waals surface area contributed by atoms with Gasteiger partial charge in [0.15, 0.2) is 5.13 Å². The predicted octanol–water partition coefficient (Wildman–Crippen LogP) is 2.10. The van der Waals surface area contributed by atoms with E-state index in [0.29, 0.717) is 5.75 Å². The molecule has 0 aliphatic carbocycles. The lowest BCUT2D eigenvalue weighted by Crippen LogP contribution is -2.44. The van der Waals surface area contributed by atoms with Crippen molar-refractivity contribution >= 4 is 26.5 Å². The Kier molecular flexibility index (Phi) is 4.84. The Labute approximate surface area is 140 Å². The second kappa shape index (κ2) is 6.86. The number of hydrogen-bond donors (Lipinski definition) is 1. The van der Waals surface area contributed by atoms with Crippen molar-refractivity contribution in [3.8, 4) is 5.75 Å². The number of piperidine rings is 1. The molecule has 23 heavy (non-hydrogen) atoms. The van der Waals surface area contributed by atoms with E-state index in [4.69, 9.17) is 4.74 Å². The van der Waals surface area contributed by atoms with Crippen molar-refractivity contribution < 1.29 is 13.2 Å². The highest BCUT2D eigenvalue weighted by Crippen LogP contribution is 2.25. The number of anilines is 1. The minimum Gasteiger partial charge on any atom is -0.495 e. The molecule has 0 unspecified atom stereocenters. The zero-order valence-electron chi connectivity index (χ0n) is 12.8. The van der Waals surface area contributed by atoms with Crippen LogP contribution in [0.15, 0.2) is 40.7 Å². The molecule has 1 N–H and O–H groups in total. The Bertz CT molecular complexity index is 739. The van der Waals surface area contributed by atoms with Gasteiger partial charge in [0.25, 0.3) is 0 Å². The number of nitrogens with one attached hydrogen (secondary N) is 1. The van der Waals surface area contributed by atoms with Crippen molar-refractivity contribution in [1.29, 1.82) is 0 Å². The van der Waals surface area contributed by atoms with Crippen LogP contribution in [0, 0.1) is 0 Å². The normalized spacial score (nSPS) is 16.5. The van der Waals surface area contributed by atoms with Gasteiger partial charge < -0.3 is 9.64 Å². The lowest BCUT2D eigenvalue weighted by atomic mass is 10.1. The number of hydrogen-bond acceptors (Lipinski definition) is 6. The van der Waals surface area contributed by atoms with Gasteiger partial charge in [-0.15, -0.1) is 11.3 Å². The third-order valence-electron chi connectivity index (χ3n) is 3.87. The number of sulfonamides is 1. The summed E-state index contributed by atoms with van der Waals surface area (Å²) in [6.07, 6.45) is 3.30. The first-order valence-electron chi connectivity index (χ1n) is 7.40. The predicted molar refractivity (Wildman–Crippen MR) is 90.7 cm³/mol. The van der Waals surface area contributed by atoms with Crippen molar-refractivity contribution in [3.63, 3.8) is 0 Å². The van der Waals surface area contributed by atoms with Gasteiger partial charge in [0.05, 0.1) is 7.11 Å². The lowest BCUT2D eigenvalue weighted by Gasteiger charge is -2.32. The van der Waals surface area contributed by atoms with Crippen LogP contribution in [0.1, 0.15) is 12.8 Å². The second-order valence-electron chi connectivity index (χ2n) is 5.35. The van der Waals surface area contributed by atoms with Gasteiger partial charge in [-0.2, -0.15) is 0 Å². The van der Waals surface area contributed by atoms with Crippen LogP contribution in [0.4, 0.5) is 5.13 Å². The average Bonchev–Trinajstić information content (AvgIpc) is 3.09. The summed E-state index contributed by atoms with van der Waals surface area (Å²) in [6, 6.07) is 6.60. The van der Waals surface area contributed by atoms with Crippen molar-refractivity contribution in [3.05, 3.63) is 35.8 Å². The largest absolute Gasteiger partial charge is 0.495 e. The first kappa shape index (κ1) is 16.2. The van der Waals surface area contributed by atoms with Gasteiger partial charge in [-0.1, -0.05) is 12.1 Å². The summed E-state index contributed by atoms with van der Waals surface area (Å²) in [5, 5.41) is 2.95. The molecule has 0 spiro atoms. The van der Waals surface area contributed by atoms with Gasteiger partial charge in [-0.05, 0) is 25.0 Å². The van der Waals surface area contributed by atoms with Crippen molar-refractivity contribution in [1.82, 2.24) is 9.71 Å². The SMILES string of the molecule is COc1ccccc1S(=O)(=O)NC1CCN(c2nccs2)CC1. The average molecular weight is 353 g/mol. The number of aromatic nitrogens is 1. The second-order valence-corrected chi connectivity index (χ2v) is 7.90. The topological polar surface area (TPSA) is 71.5 Å². The molecule has 2 aromatic rings. The van der Waals surface area contributed by atoms with Crippen molar-refractivity contribution in [2.45, 2.75) is 23.8 Å². The van der Waals surface area contributed by atoms with E-state index in [1.54, 1.807) is 41.8 Å². The smallest absolute Gasteiger partial charge is 0.244 e. The molecule has 1 aromatic heterocycles. The molecule has 1 fully saturated rings. The molecule has 1 aromatic carbocycles. The van der Waals surface area contributed by atoms with E-state index in [9.17, 15) is 8.42 Å². The zero-order valence-corrected chi connectivity index (χ0v) is 14.4. The molecule has 2 heterocycles. The maximum atomic E-state index is 12.6. The summed E-state index contributed by atoms with van der Waals surface area (Å²) in [7, 11) is -2.11. The summed E-state index contributed by atoms with van der Waals surface area (Å²) in [5.74, 6) is 0.361. The van der Waals surface area contributed by atoms with Crippen LogP contribution >= 0.6 is 11.3 Å². The van der Waals surface area contributed by atoms with Crippen LogP contribution in [0.25, 0.3) is 0 Å². The van der Waals surface area contributed by atoms with Gasteiger partial charge >= 0.3 is 0 Å². The quantitative estimate of drug-likeness (QED) is 0.891. The minimum atomic E-state index is -3.58. The highest BCUT2D eigenvalue weighted by molar-refractivity contribution is 7.89. The molecule has 0 radical (unpaired) electrons. The number of rotatable bonds is 5. The molecule has 0 atom stereocenters. The molecule has 1 aliphatic rings. The molecule has 1 aliphatic heterocycles. The number of methoxy groups -OCH3 is 1. The molecule has 124 valence electrons. The molecule has 6 nitrogen and oxygen atoms in total. The Morgan fingerprint density at radius 2 is 2.04 bits per heavy atom. The molecular formula is C15H19N3O3S2. The summed E-state index contributed by atoms with van der Waals surface area (Å²) < 4.78 is 33.1. The third-order valence-corrected chi connectivity index (χ3v) is 6.26. The van der Waals surface area contributed by atoms with E-state index in [1.165, 1.54) is 7.11 Å². The molecular weight excluding hydrogens is 334 g/mol. The van der Waals surface area contributed by atoms with E-state index in [1.807, 2.05) is 5.38 Å². The van der Waals surface area contributed by atoms with Crippen LogP contribution in [0.3, 0.4) is 0 Å². The van der Waals surface area contributed by atoms with E-state index >= 15 is 0 Å². The molecule has 0 saturated carbocycles. The summed E-state index contributed by atoms with van der Waals surface area (Å²) >= 11 is 1.61. The van der Waals surface area contributed by atoms with Gasteiger partial charge in [-0.25, -0.2) is 18.1 Å². The molecule has 0 amide bonds. The Balaban J connectivity index is 1.66. The van der Waals surface area contributed by atoms with Crippen molar-refractivity contribution in [2.24, 2.45) is 0 Å². The molecule has 8 heteroatoms. The Morgan fingerprint density at radius 3 is 2.70 bits per heavy atom. The minimum absolute atomic E-state index is 0.0684. The van der Waals surface area contributed by atoms with E-state index in [-0.39, 0.29) is 10.9 Å². The summed E-state index contributed by atoms with van der Waals surface area (Å²) in [4.78, 5) is 6.68.